The molecule has 1 aromatic rings. The van der Waals surface area contributed by atoms with E-state index in [1.165, 1.54) is 19.2 Å². The molecule has 7 heteroatoms. The highest BCUT2D eigenvalue weighted by Crippen LogP contribution is 2.22. The smallest absolute Gasteiger partial charge is 0.270 e. The molecule has 0 N–H and O–H groups in total. The van der Waals surface area contributed by atoms with E-state index in [1.807, 2.05) is 0 Å². The number of aliphatic imine (C=N–C) groups is 1. The first-order valence-corrected chi connectivity index (χ1v) is 7.33. The molecule has 2 rings (SSSR count). The van der Waals surface area contributed by atoms with Crippen molar-refractivity contribution in [1.29, 1.82) is 0 Å². The summed E-state index contributed by atoms with van der Waals surface area (Å²) in [7, 11) is 1.54. The molecule has 0 unspecified atom stereocenters. The summed E-state index contributed by atoms with van der Waals surface area (Å²) in [5.41, 5.74) is 0.665. The fourth-order valence-corrected chi connectivity index (χ4v) is 2.31. The topological polar surface area (TPSA) is 77.2 Å². The molecule has 1 aliphatic rings. The van der Waals surface area contributed by atoms with E-state index in [0.29, 0.717) is 17.9 Å². The van der Waals surface area contributed by atoms with Crippen molar-refractivity contribution in [2.45, 2.75) is 6.42 Å². The molecule has 22 heavy (non-hydrogen) atoms. The van der Waals surface area contributed by atoms with E-state index in [-0.39, 0.29) is 5.69 Å². The standard InChI is InChI=1S/C15H21N3O4/c1-21-15-4-3-14(18(19)20)11-13(15)12-16-5-2-6-17-7-9-22-10-8-17/h3-4,11-12H,2,5-10H2,1H3. The largest absolute Gasteiger partial charge is 0.496 e. The van der Waals surface area contributed by atoms with E-state index in [0.717, 1.165) is 39.3 Å². The van der Waals surface area contributed by atoms with Gasteiger partial charge in [-0.15, -0.1) is 0 Å². The van der Waals surface area contributed by atoms with E-state index in [4.69, 9.17) is 9.47 Å². The lowest BCUT2D eigenvalue weighted by Gasteiger charge is -2.26. The Morgan fingerprint density at radius 2 is 2.23 bits per heavy atom. The van der Waals surface area contributed by atoms with Crippen LogP contribution in [0.15, 0.2) is 23.2 Å². The average molecular weight is 307 g/mol. The number of nitro groups is 1. The van der Waals surface area contributed by atoms with Crippen LogP contribution in [0.2, 0.25) is 0 Å². The number of nitrogens with zero attached hydrogens (tertiary/aromatic N) is 3. The van der Waals surface area contributed by atoms with Gasteiger partial charge in [0, 0.05) is 50.1 Å². The Hall–Kier alpha value is -1.99. The van der Waals surface area contributed by atoms with Gasteiger partial charge >= 0.3 is 0 Å². The molecule has 0 amide bonds. The maximum Gasteiger partial charge on any atom is 0.270 e. The monoisotopic (exact) mass is 307 g/mol. The van der Waals surface area contributed by atoms with Gasteiger partial charge in [-0.1, -0.05) is 0 Å². The van der Waals surface area contributed by atoms with E-state index < -0.39 is 4.92 Å². The second-order valence-electron chi connectivity index (χ2n) is 5.03. The first-order chi connectivity index (χ1) is 10.7. The number of methoxy groups -OCH3 is 1. The van der Waals surface area contributed by atoms with Crippen molar-refractivity contribution in [1.82, 2.24) is 4.90 Å². The van der Waals surface area contributed by atoms with Crippen LogP contribution in [0.1, 0.15) is 12.0 Å². The van der Waals surface area contributed by atoms with Crippen LogP contribution in [0.3, 0.4) is 0 Å². The van der Waals surface area contributed by atoms with Crippen molar-refractivity contribution in [2.24, 2.45) is 4.99 Å². The molecule has 0 bridgehead atoms. The van der Waals surface area contributed by atoms with Gasteiger partial charge in [0.2, 0.25) is 0 Å². The van der Waals surface area contributed by atoms with Gasteiger partial charge < -0.3 is 9.47 Å². The number of non-ortho nitro benzene ring substituents is 1. The molecule has 0 spiro atoms. The first kappa shape index (κ1) is 16.4. The summed E-state index contributed by atoms with van der Waals surface area (Å²) in [5, 5.41) is 10.8. The van der Waals surface area contributed by atoms with Crippen molar-refractivity contribution < 1.29 is 14.4 Å². The van der Waals surface area contributed by atoms with Gasteiger partial charge in [0.25, 0.3) is 5.69 Å². The third-order valence-corrected chi connectivity index (χ3v) is 3.52. The molecule has 7 nitrogen and oxygen atoms in total. The number of hydrogen-bond donors (Lipinski definition) is 0. The fraction of sp³-hybridized carbons (Fsp3) is 0.533. The average Bonchev–Trinajstić information content (AvgIpc) is 2.55. The van der Waals surface area contributed by atoms with Crippen LogP contribution in [-0.2, 0) is 4.74 Å². The molecular weight excluding hydrogens is 286 g/mol. The van der Waals surface area contributed by atoms with Gasteiger partial charge in [-0.25, -0.2) is 0 Å². The minimum Gasteiger partial charge on any atom is -0.496 e. The lowest BCUT2D eigenvalue weighted by Crippen LogP contribution is -2.37. The second kappa shape index (κ2) is 8.45. The molecule has 0 saturated carbocycles. The Bertz CT molecular complexity index is 528. The van der Waals surface area contributed by atoms with E-state index in [9.17, 15) is 10.1 Å². The molecular formula is C15H21N3O4. The van der Waals surface area contributed by atoms with Crippen LogP contribution in [0.4, 0.5) is 5.69 Å². The van der Waals surface area contributed by atoms with Crippen LogP contribution < -0.4 is 4.74 Å². The molecule has 0 aromatic heterocycles. The lowest BCUT2D eigenvalue weighted by atomic mass is 10.2. The third-order valence-electron chi connectivity index (χ3n) is 3.52. The molecule has 1 aromatic carbocycles. The number of ether oxygens (including phenoxy) is 2. The summed E-state index contributed by atoms with van der Waals surface area (Å²) < 4.78 is 10.5. The van der Waals surface area contributed by atoms with Gasteiger partial charge in [-0.05, 0) is 12.5 Å². The van der Waals surface area contributed by atoms with Gasteiger partial charge in [0.1, 0.15) is 5.75 Å². The van der Waals surface area contributed by atoms with Gasteiger partial charge in [-0.3, -0.25) is 20.0 Å². The molecule has 1 heterocycles. The SMILES string of the molecule is COc1ccc([N+](=O)[O-])cc1C=NCCCN1CCOCC1. The quantitative estimate of drug-likeness (QED) is 0.332. The van der Waals surface area contributed by atoms with Crippen molar-refractivity contribution >= 4 is 11.9 Å². The maximum atomic E-state index is 10.8. The van der Waals surface area contributed by atoms with Crippen molar-refractivity contribution in [2.75, 3.05) is 46.5 Å². The summed E-state index contributed by atoms with van der Waals surface area (Å²) in [6.07, 6.45) is 2.60. The zero-order valence-corrected chi connectivity index (χ0v) is 12.7. The molecule has 1 fully saturated rings. The normalized spacial score (nSPS) is 16.0. The number of rotatable bonds is 7. The maximum absolute atomic E-state index is 10.8. The van der Waals surface area contributed by atoms with E-state index in [1.54, 1.807) is 12.3 Å². The number of benzene rings is 1. The van der Waals surface area contributed by atoms with Crippen molar-refractivity contribution in [3.63, 3.8) is 0 Å². The molecule has 1 saturated heterocycles. The first-order valence-electron chi connectivity index (χ1n) is 7.33. The Morgan fingerprint density at radius 3 is 2.91 bits per heavy atom. The molecule has 120 valence electrons. The molecule has 0 radical (unpaired) electrons. The van der Waals surface area contributed by atoms with Crippen LogP contribution in [0, 0.1) is 10.1 Å². The summed E-state index contributed by atoms with van der Waals surface area (Å²) in [5.74, 6) is 0.586. The van der Waals surface area contributed by atoms with Crippen LogP contribution >= 0.6 is 0 Å². The summed E-state index contributed by atoms with van der Waals surface area (Å²) in [6, 6.07) is 4.49. The minimum absolute atomic E-state index is 0.0376. The third kappa shape index (κ3) is 4.78. The van der Waals surface area contributed by atoms with Gasteiger partial charge in [0.15, 0.2) is 0 Å². The Morgan fingerprint density at radius 1 is 1.45 bits per heavy atom. The molecule has 0 aliphatic carbocycles. The molecule has 1 aliphatic heterocycles. The summed E-state index contributed by atoms with van der Waals surface area (Å²) >= 11 is 0. The number of morpholine rings is 1. The highest BCUT2D eigenvalue weighted by Gasteiger charge is 2.10. The number of hydrogen-bond acceptors (Lipinski definition) is 6. The van der Waals surface area contributed by atoms with Crippen molar-refractivity contribution in [3.8, 4) is 5.75 Å². The zero-order chi connectivity index (χ0) is 15.8. The van der Waals surface area contributed by atoms with E-state index in [2.05, 4.69) is 9.89 Å². The lowest BCUT2D eigenvalue weighted by molar-refractivity contribution is -0.384. The Kier molecular flexibility index (Phi) is 6.29. The Balaban J connectivity index is 1.85. The molecule has 0 atom stereocenters. The second-order valence-corrected chi connectivity index (χ2v) is 5.03. The van der Waals surface area contributed by atoms with Crippen LogP contribution in [-0.4, -0.2) is 62.5 Å². The van der Waals surface area contributed by atoms with Crippen LogP contribution in [0.5, 0.6) is 5.75 Å². The minimum atomic E-state index is -0.421. The summed E-state index contributed by atoms with van der Waals surface area (Å²) in [6.45, 7) is 5.23. The van der Waals surface area contributed by atoms with E-state index >= 15 is 0 Å². The zero-order valence-electron chi connectivity index (χ0n) is 12.7. The highest BCUT2D eigenvalue weighted by atomic mass is 16.6. The van der Waals surface area contributed by atoms with Gasteiger partial charge in [0.05, 0.1) is 25.2 Å². The van der Waals surface area contributed by atoms with Crippen molar-refractivity contribution in [3.05, 3.63) is 33.9 Å². The number of nitro benzene ring substituents is 1. The van der Waals surface area contributed by atoms with Crippen LogP contribution in [0.25, 0.3) is 0 Å². The Labute approximate surface area is 129 Å². The van der Waals surface area contributed by atoms with Gasteiger partial charge in [-0.2, -0.15) is 0 Å². The summed E-state index contributed by atoms with van der Waals surface area (Å²) in [4.78, 5) is 17.1. The highest BCUT2D eigenvalue weighted by molar-refractivity contribution is 5.84. The predicted molar refractivity (Wildman–Crippen MR) is 84.0 cm³/mol. The fourth-order valence-electron chi connectivity index (χ4n) is 2.31. The predicted octanol–water partition coefficient (Wildman–Crippen LogP) is 1.74.